The van der Waals surface area contributed by atoms with Gasteiger partial charge in [0.05, 0.1) is 10.6 Å². The fourth-order valence-corrected chi connectivity index (χ4v) is 4.13. The number of imide groups is 1. The van der Waals surface area contributed by atoms with Crippen LogP contribution in [0.2, 0.25) is 0 Å². The van der Waals surface area contributed by atoms with Crippen LogP contribution in [0.25, 0.3) is 0 Å². The van der Waals surface area contributed by atoms with Crippen molar-refractivity contribution in [3.63, 3.8) is 0 Å². The zero-order valence-electron chi connectivity index (χ0n) is 12.5. The van der Waals surface area contributed by atoms with Gasteiger partial charge in [0.15, 0.2) is 9.84 Å². The maximum atomic E-state index is 12.5. The Kier molecular flexibility index (Phi) is 4.11. The summed E-state index contributed by atoms with van der Waals surface area (Å²) in [5.74, 6) is -0.642. The first-order valence-electron chi connectivity index (χ1n) is 7.44. The first kappa shape index (κ1) is 15.9. The molecule has 124 valence electrons. The predicted molar refractivity (Wildman–Crippen MR) is 81.5 cm³/mol. The molecule has 2 fully saturated rings. The van der Waals surface area contributed by atoms with Crippen molar-refractivity contribution in [2.75, 3.05) is 25.5 Å². The fourth-order valence-electron chi connectivity index (χ4n) is 2.90. The SMILES string of the molecule is O=C1NC2(CCOCC2)C(=O)N1CCS(=O)(=O)c1ccccc1. The van der Waals surface area contributed by atoms with E-state index >= 15 is 0 Å². The Bertz CT molecular complexity index is 711. The minimum absolute atomic E-state index is 0.148. The molecule has 0 unspecified atom stereocenters. The Morgan fingerprint density at radius 1 is 1.13 bits per heavy atom. The summed E-state index contributed by atoms with van der Waals surface area (Å²) in [7, 11) is -3.54. The summed E-state index contributed by atoms with van der Waals surface area (Å²) < 4.78 is 29.8. The molecule has 1 aromatic rings. The van der Waals surface area contributed by atoms with Gasteiger partial charge >= 0.3 is 6.03 Å². The topological polar surface area (TPSA) is 92.8 Å². The summed E-state index contributed by atoms with van der Waals surface area (Å²) in [5.41, 5.74) is -0.925. The Labute approximate surface area is 134 Å². The van der Waals surface area contributed by atoms with Crippen molar-refractivity contribution < 1.29 is 22.7 Å². The second kappa shape index (κ2) is 5.93. The third-order valence-electron chi connectivity index (χ3n) is 4.28. The number of carbonyl (C=O) groups is 2. The molecule has 1 N–H and O–H groups in total. The first-order valence-corrected chi connectivity index (χ1v) is 9.10. The number of ether oxygens (including phenoxy) is 1. The van der Waals surface area contributed by atoms with Gasteiger partial charge in [0.25, 0.3) is 5.91 Å². The van der Waals surface area contributed by atoms with Crippen molar-refractivity contribution >= 4 is 21.8 Å². The lowest BCUT2D eigenvalue weighted by Gasteiger charge is -2.30. The largest absolute Gasteiger partial charge is 0.381 e. The van der Waals surface area contributed by atoms with Crippen LogP contribution in [-0.4, -0.2) is 56.3 Å². The van der Waals surface area contributed by atoms with Gasteiger partial charge in [-0.3, -0.25) is 9.69 Å². The molecular weight excluding hydrogens is 320 g/mol. The third-order valence-corrected chi connectivity index (χ3v) is 5.99. The molecule has 2 heterocycles. The molecule has 8 heteroatoms. The normalized spacial score (nSPS) is 20.8. The monoisotopic (exact) mass is 338 g/mol. The fraction of sp³-hybridized carbons (Fsp3) is 0.467. The smallest absolute Gasteiger partial charge is 0.325 e. The van der Waals surface area contributed by atoms with E-state index in [2.05, 4.69) is 5.32 Å². The van der Waals surface area contributed by atoms with Crippen LogP contribution in [0.4, 0.5) is 4.79 Å². The van der Waals surface area contributed by atoms with Crippen molar-refractivity contribution in [3.8, 4) is 0 Å². The zero-order valence-corrected chi connectivity index (χ0v) is 13.3. The molecule has 0 bridgehead atoms. The summed E-state index contributed by atoms with van der Waals surface area (Å²) in [6.45, 7) is 0.662. The summed E-state index contributed by atoms with van der Waals surface area (Å²) >= 11 is 0. The molecule has 1 spiro atoms. The van der Waals surface area contributed by atoms with Gasteiger partial charge in [-0.1, -0.05) is 18.2 Å². The molecule has 2 aliphatic heterocycles. The molecule has 3 rings (SSSR count). The van der Waals surface area contributed by atoms with E-state index in [-0.39, 0.29) is 23.1 Å². The van der Waals surface area contributed by atoms with Crippen LogP contribution in [0, 0.1) is 0 Å². The van der Waals surface area contributed by atoms with Crippen LogP contribution in [0.5, 0.6) is 0 Å². The van der Waals surface area contributed by atoms with Crippen LogP contribution in [-0.2, 0) is 19.4 Å². The second-order valence-electron chi connectivity index (χ2n) is 5.71. The quantitative estimate of drug-likeness (QED) is 0.810. The maximum absolute atomic E-state index is 12.5. The van der Waals surface area contributed by atoms with E-state index < -0.39 is 21.4 Å². The van der Waals surface area contributed by atoms with Gasteiger partial charge in [0, 0.05) is 32.6 Å². The van der Waals surface area contributed by atoms with E-state index in [0.29, 0.717) is 26.1 Å². The maximum Gasteiger partial charge on any atom is 0.325 e. The molecule has 0 radical (unpaired) electrons. The lowest BCUT2D eigenvalue weighted by Crippen LogP contribution is -2.51. The van der Waals surface area contributed by atoms with Crippen LogP contribution in [0.3, 0.4) is 0 Å². The van der Waals surface area contributed by atoms with Gasteiger partial charge in [-0.2, -0.15) is 0 Å². The molecule has 2 aliphatic rings. The van der Waals surface area contributed by atoms with Crippen molar-refractivity contribution in [2.45, 2.75) is 23.3 Å². The summed E-state index contributed by atoms with van der Waals surface area (Å²) in [6.07, 6.45) is 0.832. The number of hydrogen-bond acceptors (Lipinski definition) is 5. The minimum Gasteiger partial charge on any atom is -0.381 e. The number of amides is 3. The van der Waals surface area contributed by atoms with Crippen LogP contribution < -0.4 is 5.32 Å². The van der Waals surface area contributed by atoms with Gasteiger partial charge in [-0.05, 0) is 12.1 Å². The van der Waals surface area contributed by atoms with E-state index in [4.69, 9.17) is 4.74 Å². The summed E-state index contributed by atoms with van der Waals surface area (Å²) in [6, 6.07) is 7.48. The molecule has 0 atom stereocenters. The molecular formula is C15H18N2O5S. The van der Waals surface area contributed by atoms with E-state index in [0.717, 1.165) is 4.90 Å². The van der Waals surface area contributed by atoms with Gasteiger partial charge in [-0.25, -0.2) is 13.2 Å². The third kappa shape index (κ3) is 2.96. The highest BCUT2D eigenvalue weighted by atomic mass is 32.2. The number of sulfone groups is 1. The molecule has 23 heavy (non-hydrogen) atoms. The number of nitrogens with zero attached hydrogens (tertiary/aromatic N) is 1. The average molecular weight is 338 g/mol. The van der Waals surface area contributed by atoms with Gasteiger partial charge in [0.1, 0.15) is 5.54 Å². The van der Waals surface area contributed by atoms with Crippen LogP contribution in [0.1, 0.15) is 12.8 Å². The average Bonchev–Trinajstić information content (AvgIpc) is 2.77. The van der Waals surface area contributed by atoms with E-state index in [1.165, 1.54) is 12.1 Å². The Morgan fingerprint density at radius 3 is 2.43 bits per heavy atom. The van der Waals surface area contributed by atoms with Gasteiger partial charge in [-0.15, -0.1) is 0 Å². The molecule has 7 nitrogen and oxygen atoms in total. The lowest BCUT2D eigenvalue weighted by molar-refractivity contribution is -0.134. The van der Waals surface area contributed by atoms with Crippen molar-refractivity contribution in [1.82, 2.24) is 10.2 Å². The number of carbonyl (C=O) groups excluding carboxylic acids is 2. The number of rotatable bonds is 4. The van der Waals surface area contributed by atoms with Crippen LogP contribution >= 0.6 is 0 Å². The second-order valence-corrected chi connectivity index (χ2v) is 7.82. The molecule has 3 amide bonds. The first-order chi connectivity index (χ1) is 10.9. The van der Waals surface area contributed by atoms with Crippen LogP contribution in [0.15, 0.2) is 35.2 Å². The summed E-state index contributed by atoms with van der Waals surface area (Å²) in [4.78, 5) is 25.8. The molecule has 0 aliphatic carbocycles. The van der Waals surface area contributed by atoms with Crippen molar-refractivity contribution in [3.05, 3.63) is 30.3 Å². The molecule has 2 saturated heterocycles. The minimum atomic E-state index is -3.54. The van der Waals surface area contributed by atoms with Crippen molar-refractivity contribution in [1.29, 1.82) is 0 Å². The highest BCUT2D eigenvalue weighted by Crippen LogP contribution is 2.28. The van der Waals surface area contributed by atoms with Crippen molar-refractivity contribution in [2.24, 2.45) is 0 Å². The number of urea groups is 1. The molecule has 0 saturated carbocycles. The van der Waals surface area contributed by atoms with Gasteiger partial charge in [0.2, 0.25) is 0 Å². The van der Waals surface area contributed by atoms with Gasteiger partial charge < -0.3 is 10.1 Å². The highest BCUT2D eigenvalue weighted by molar-refractivity contribution is 7.91. The van der Waals surface area contributed by atoms with E-state index in [1.54, 1.807) is 18.2 Å². The molecule has 0 aromatic heterocycles. The number of hydrogen-bond donors (Lipinski definition) is 1. The Hall–Kier alpha value is -1.93. The Balaban J connectivity index is 1.71. The zero-order chi connectivity index (χ0) is 16.5. The lowest BCUT2D eigenvalue weighted by atomic mass is 9.90. The summed E-state index contributed by atoms with van der Waals surface area (Å²) in [5, 5.41) is 2.71. The highest BCUT2D eigenvalue weighted by Gasteiger charge is 2.51. The molecule has 1 aromatic carbocycles. The standard InChI is InChI=1S/C15H18N2O5S/c18-13-15(6-9-22-10-7-15)16-14(19)17(13)8-11-23(20,21)12-4-2-1-3-5-12/h1-5H,6-11H2,(H,16,19). The van der Waals surface area contributed by atoms with E-state index in [9.17, 15) is 18.0 Å². The Morgan fingerprint density at radius 2 is 1.78 bits per heavy atom. The number of benzene rings is 1. The van der Waals surface area contributed by atoms with E-state index in [1.807, 2.05) is 0 Å². The number of nitrogens with one attached hydrogen (secondary N) is 1. The predicted octanol–water partition coefficient (Wildman–Crippen LogP) is 0.561.